The first kappa shape index (κ1) is 14.9. The molecule has 0 amide bonds. The molecule has 0 aliphatic carbocycles. The van der Waals surface area contributed by atoms with Gasteiger partial charge in [-0.1, -0.05) is 22.8 Å². The molecule has 1 N–H and O–H groups in total. The smallest absolute Gasteiger partial charge is 0.267 e. The van der Waals surface area contributed by atoms with Crippen LogP contribution in [-0.2, 0) is 10.0 Å². The zero-order chi connectivity index (χ0) is 15.1. The molecule has 2 rings (SSSR count). The van der Waals surface area contributed by atoms with Crippen molar-refractivity contribution in [3.05, 3.63) is 39.7 Å². The van der Waals surface area contributed by atoms with Crippen LogP contribution in [0.5, 0.6) is 0 Å². The van der Waals surface area contributed by atoms with Gasteiger partial charge in [-0.2, -0.15) is 0 Å². The summed E-state index contributed by atoms with van der Waals surface area (Å²) in [6.07, 6.45) is 0. The number of aryl methyl sites for hydroxylation is 4. The summed E-state index contributed by atoms with van der Waals surface area (Å²) in [5.41, 5.74) is 2.41. The Morgan fingerprint density at radius 1 is 1.20 bits per heavy atom. The fourth-order valence-electron chi connectivity index (χ4n) is 2.09. The zero-order valence-electron chi connectivity index (χ0n) is 11.6. The van der Waals surface area contributed by atoms with Gasteiger partial charge in [-0.3, -0.25) is 4.72 Å². The topological polar surface area (TPSA) is 72.2 Å². The van der Waals surface area contributed by atoms with Crippen molar-refractivity contribution in [2.45, 2.75) is 32.6 Å². The summed E-state index contributed by atoms with van der Waals surface area (Å²) in [4.78, 5) is 0.0496. The number of nitrogens with zero attached hydrogens (tertiary/aromatic N) is 1. The van der Waals surface area contributed by atoms with Gasteiger partial charge < -0.3 is 4.52 Å². The van der Waals surface area contributed by atoms with E-state index >= 15 is 0 Å². The lowest BCUT2D eigenvalue weighted by atomic mass is 10.1. The highest BCUT2D eigenvalue weighted by atomic mass is 35.5. The number of aromatic nitrogens is 1. The lowest BCUT2D eigenvalue weighted by molar-refractivity contribution is 0.390. The highest BCUT2D eigenvalue weighted by Gasteiger charge is 2.25. The minimum atomic E-state index is -3.78. The van der Waals surface area contributed by atoms with Gasteiger partial charge in [-0.25, -0.2) is 8.42 Å². The fourth-order valence-corrected chi connectivity index (χ4v) is 4.00. The number of hydrogen-bond donors (Lipinski definition) is 1. The van der Waals surface area contributed by atoms with E-state index in [1.165, 1.54) is 0 Å². The van der Waals surface area contributed by atoms with E-state index in [0.717, 1.165) is 11.1 Å². The third-order valence-electron chi connectivity index (χ3n) is 2.90. The predicted molar refractivity (Wildman–Crippen MR) is 77.7 cm³/mol. The Hall–Kier alpha value is -1.53. The summed E-state index contributed by atoms with van der Waals surface area (Å²) >= 11 is 6.12. The van der Waals surface area contributed by atoms with Gasteiger partial charge in [0.15, 0.2) is 10.7 Å². The molecule has 20 heavy (non-hydrogen) atoms. The molecular weight excluding hydrogens is 300 g/mol. The molecule has 0 unspecified atom stereocenters. The lowest BCUT2D eigenvalue weighted by Crippen LogP contribution is -2.15. The van der Waals surface area contributed by atoms with E-state index in [1.807, 2.05) is 13.0 Å². The fraction of sp³-hybridized carbons (Fsp3) is 0.308. The standard InChI is InChI=1S/C13H15ClN2O3S/c1-7-5-8(2)12(11(14)6-7)16-20(17,18)13-9(3)15-19-10(13)4/h5-6,16H,1-4H3. The molecule has 1 aromatic carbocycles. The van der Waals surface area contributed by atoms with Crippen molar-refractivity contribution in [2.24, 2.45) is 0 Å². The second-order valence-corrected chi connectivity index (χ2v) is 6.72. The van der Waals surface area contributed by atoms with Crippen LogP contribution in [-0.4, -0.2) is 13.6 Å². The maximum Gasteiger partial charge on any atom is 0.267 e. The average molecular weight is 315 g/mol. The van der Waals surface area contributed by atoms with E-state index in [9.17, 15) is 8.42 Å². The van der Waals surface area contributed by atoms with Crippen LogP contribution in [0.25, 0.3) is 0 Å². The van der Waals surface area contributed by atoms with Crippen LogP contribution in [0, 0.1) is 27.7 Å². The molecule has 0 saturated carbocycles. The number of nitrogens with one attached hydrogen (secondary N) is 1. The van der Waals surface area contributed by atoms with Crippen LogP contribution < -0.4 is 4.72 Å². The molecule has 5 nitrogen and oxygen atoms in total. The number of halogens is 1. The molecule has 0 spiro atoms. The van der Waals surface area contributed by atoms with E-state index in [4.69, 9.17) is 16.1 Å². The molecular formula is C13H15ClN2O3S. The molecule has 0 bridgehead atoms. The van der Waals surface area contributed by atoms with Gasteiger partial charge in [-0.05, 0) is 44.9 Å². The summed E-state index contributed by atoms with van der Waals surface area (Å²) in [5.74, 6) is 0.246. The summed E-state index contributed by atoms with van der Waals surface area (Å²) in [7, 11) is -3.78. The van der Waals surface area contributed by atoms with Crippen LogP contribution in [0.4, 0.5) is 5.69 Å². The second-order valence-electron chi connectivity index (χ2n) is 4.70. The zero-order valence-corrected chi connectivity index (χ0v) is 13.2. The van der Waals surface area contributed by atoms with Gasteiger partial charge in [-0.15, -0.1) is 0 Å². The summed E-state index contributed by atoms with van der Waals surface area (Å²) in [6.45, 7) is 6.82. The van der Waals surface area contributed by atoms with Gasteiger partial charge in [0, 0.05) is 0 Å². The molecule has 0 fully saturated rings. The van der Waals surface area contributed by atoms with Crippen LogP contribution in [0.1, 0.15) is 22.6 Å². The Morgan fingerprint density at radius 3 is 2.35 bits per heavy atom. The first-order chi connectivity index (χ1) is 9.22. The Labute approximate surface area is 123 Å². The second kappa shape index (κ2) is 5.10. The van der Waals surface area contributed by atoms with E-state index in [2.05, 4.69) is 9.88 Å². The van der Waals surface area contributed by atoms with E-state index in [-0.39, 0.29) is 10.7 Å². The molecule has 2 aromatic rings. The van der Waals surface area contributed by atoms with Gasteiger partial charge >= 0.3 is 0 Å². The van der Waals surface area contributed by atoms with Crippen molar-refractivity contribution in [3.8, 4) is 0 Å². The summed E-state index contributed by atoms with van der Waals surface area (Å²) in [6, 6.07) is 3.57. The van der Waals surface area contributed by atoms with Crippen molar-refractivity contribution in [1.29, 1.82) is 0 Å². The van der Waals surface area contributed by atoms with Crippen molar-refractivity contribution >= 4 is 27.3 Å². The third-order valence-corrected chi connectivity index (χ3v) is 4.80. The van der Waals surface area contributed by atoms with Crippen LogP contribution in [0.2, 0.25) is 5.02 Å². The first-order valence-corrected chi connectivity index (χ1v) is 7.81. The van der Waals surface area contributed by atoms with Gasteiger partial charge in [0.25, 0.3) is 10.0 Å². The van der Waals surface area contributed by atoms with Crippen LogP contribution in [0.15, 0.2) is 21.6 Å². The maximum absolute atomic E-state index is 12.4. The molecule has 1 heterocycles. The third kappa shape index (κ3) is 2.66. The number of hydrogen-bond acceptors (Lipinski definition) is 4. The van der Waals surface area contributed by atoms with Crippen molar-refractivity contribution in [3.63, 3.8) is 0 Å². The largest absolute Gasteiger partial charge is 0.360 e. The number of anilines is 1. The minimum Gasteiger partial charge on any atom is -0.360 e. The summed E-state index contributed by atoms with van der Waals surface area (Å²) in [5, 5.41) is 4.01. The summed E-state index contributed by atoms with van der Waals surface area (Å²) < 4.78 is 32.3. The van der Waals surface area contributed by atoms with Crippen molar-refractivity contribution in [1.82, 2.24) is 5.16 Å². The normalized spacial score (nSPS) is 11.7. The minimum absolute atomic E-state index is 0.0496. The van der Waals surface area contributed by atoms with Crippen LogP contribution >= 0.6 is 11.6 Å². The molecule has 1 aromatic heterocycles. The molecule has 0 saturated heterocycles. The molecule has 0 aliphatic heterocycles. The monoisotopic (exact) mass is 314 g/mol. The molecule has 108 valence electrons. The quantitative estimate of drug-likeness (QED) is 0.942. The lowest BCUT2D eigenvalue weighted by Gasteiger charge is -2.12. The van der Waals surface area contributed by atoms with E-state index < -0.39 is 10.0 Å². The Morgan fingerprint density at radius 2 is 1.85 bits per heavy atom. The van der Waals surface area contributed by atoms with Crippen LogP contribution in [0.3, 0.4) is 0 Å². The Kier molecular flexibility index (Phi) is 3.80. The number of rotatable bonds is 3. The maximum atomic E-state index is 12.4. The molecule has 0 atom stereocenters. The predicted octanol–water partition coefficient (Wildman–Crippen LogP) is 3.36. The van der Waals surface area contributed by atoms with Gasteiger partial charge in [0.1, 0.15) is 5.69 Å². The molecule has 0 aliphatic rings. The average Bonchev–Trinajstić information content (AvgIpc) is 2.64. The van der Waals surface area contributed by atoms with Crippen molar-refractivity contribution < 1.29 is 12.9 Å². The van der Waals surface area contributed by atoms with Gasteiger partial charge in [0.05, 0.1) is 10.7 Å². The highest BCUT2D eigenvalue weighted by Crippen LogP contribution is 2.30. The number of sulfonamides is 1. The SMILES string of the molecule is Cc1cc(C)c(NS(=O)(=O)c2c(C)noc2C)c(Cl)c1. The molecule has 0 radical (unpaired) electrons. The van der Waals surface area contributed by atoms with Crippen molar-refractivity contribution in [2.75, 3.05) is 4.72 Å². The Balaban J connectivity index is 2.50. The first-order valence-electron chi connectivity index (χ1n) is 5.95. The molecule has 7 heteroatoms. The highest BCUT2D eigenvalue weighted by molar-refractivity contribution is 7.92. The Bertz CT molecular complexity index is 723. The van der Waals surface area contributed by atoms with E-state index in [1.54, 1.807) is 26.8 Å². The van der Waals surface area contributed by atoms with Gasteiger partial charge in [0.2, 0.25) is 0 Å². The number of benzene rings is 1. The van der Waals surface area contributed by atoms with E-state index in [0.29, 0.717) is 16.4 Å².